The smallest absolute Gasteiger partial charge is 0.180 e. The van der Waals surface area contributed by atoms with E-state index in [-0.39, 0.29) is 12.4 Å². The molecule has 4 nitrogen and oxygen atoms in total. The standard InChI is InChI=1S/C14H19N3OS.ClH/c1-17(10-12-9-16-14(15)19-12)8-7-11-5-3-4-6-13(11)18-2;/h3-6,9H,7-8,10H2,1-2H3,(H2,15,16);1H. The van der Waals surface area contributed by atoms with Gasteiger partial charge in [0.25, 0.3) is 0 Å². The zero-order chi connectivity index (χ0) is 13.7. The minimum atomic E-state index is 0. The van der Waals surface area contributed by atoms with Crippen molar-refractivity contribution < 1.29 is 4.74 Å². The van der Waals surface area contributed by atoms with Crippen LogP contribution in [0.15, 0.2) is 30.5 Å². The summed E-state index contributed by atoms with van der Waals surface area (Å²) in [5.74, 6) is 0.956. The fourth-order valence-corrected chi connectivity index (χ4v) is 2.73. The lowest BCUT2D eigenvalue weighted by atomic mass is 10.1. The molecular formula is C14H20ClN3OS. The van der Waals surface area contributed by atoms with E-state index in [0.29, 0.717) is 5.13 Å². The van der Waals surface area contributed by atoms with Gasteiger partial charge < -0.3 is 15.4 Å². The predicted octanol–water partition coefficient (Wildman–Crippen LogP) is 2.83. The molecule has 0 radical (unpaired) electrons. The Morgan fingerprint density at radius 1 is 1.35 bits per heavy atom. The van der Waals surface area contributed by atoms with Gasteiger partial charge in [0.05, 0.1) is 7.11 Å². The maximum absolute atomic E-state index is 5.63. The van der Waals surface area contributed by atoms with Crippen LogP contribution in [0.25, 0.3) is 0 Å². The van der Waals surface area contributed by atoms with Gasteiger partial charge in [-0.3, -0.25) is 0 Å². The lowest BCUT2D eigenvalue weighted by Crippen LogP contribution is -2.20. The molecule has 0 aliphatic heterocycles. The number of para-hydroxylation sites is 1. The van der Waals surface area contributed by atoms with E-state index in [4.69, 9.17) is 10.5 Å². The molecule has 20 heavy (non-hydrogen) atoms. The number of aromatic nitrogens is 1. The number of nitrogens with zero attached hydrogens (tertiary/aromatic N) is 2. The molecular weight excluding hydrogens is 294 g/mol. The van der Waals surface area contributed by atoms with E-state index in [1.807, 2.05) is 24.4 Å². The average Bonchev–Trinajstić information content (AvgIpc) is 2.82. The first kappa shape index (κ1) is 16.8. The third-order valence-electron chi connectivity index (χ3n) is 2.95. The Hall–Kier alpha value is -1.30. The first-order valence-electron chi connectivity index (χ1n) is 6.19. The maximum atomic E-state index is 5.63. The lowest BCUT2D eigenvalue weighted by Gasteiger charge is -2.16. The molecule has 0 bridgehead atoms. The van der Waals surface area contributed by atoms with Gasteiger partial charge in [-0.25, -0.2) is 4.98 Å². The van der Waals surface area contributed by atoms with Gasteiger partial charge in [0, 0.05) is 24.2 Å². The Morgan fingerprint density at radius 2 is 2.10 bits per heavy atom. The van der Waals surface area contributed by atoms with Crippen molar-refractivity contribution in [3.8, 4) is 5.75 Å². The number of hydrogen-bond donors (Lipinski definition) is 1. The van der Waals surface area contributed by atoms with Crippen LogP contribution in [0.2, 0.25) is 0 Å². The number of nitrogens with two attached hydrogens (primary N) is 1. The summed E-state index contributed by atoms with van der Waals surface area (Å²) in [6.07, 6.45) is 2.81. The molecule has 0 saturated heterocycles. The van der Waals surface area contributed by atoms with Crippen molar-refractivity contribution in [1.82, 2.24) is 9.88 Å². The van der Waals surface area contributed by atoms with Gasteiger partial charge >= 0.3 is 0 Å². The van der Waals surface area contributed by atoms with E-state index < -0.39 is 0 Å². The van der Waals surface area contributed by atoms with Gasteiger partial charge in [0.2, 0.25) is 0 Å². The number of likely N-dealkylation sites (N-methyl/N-ethyl adjacent to an activating group) is 1. The Morgan fingerprint density at radius 3 is 2.75 bits per heavy atom. The average molecular weight is 314 g/mol. The summed E-state index contributed by atoms with van der Waals surface area (Å²) in [4.78, 5) is 7.52. The number of benzene rings is 1. The highest BCUT2D eigenvalue weighted by molar-refractivity contribution is 7.15. The van der Waals surface area contributed by atoms with Crippen molar-refractivity contribution in [3.63, 3.8) is 0 Å². The van der Waals surface area contributed by atoms with Crippen molar-refractivity contribution in [2.24, 2.45) is 0 Å². The van der Waals surface area contributed by atoms with Crippen LogP contribution < -0.4 is 10.5 Å². The number of nitrogen functional groups attached to an aromatic ring is 1. The van der Waals surface area contributed by atoms with Crippen molar-refractivity contribution in [2.75, 3.05) is 26.4 Å². The third-order valence-corrected chi connectivity index (χ3v) is 3.76. The molecule has 0 amide bonds. The Balaban J connectivity index is 0.00000200. The first-order valence-corrected chi connectivity index (χ1v) is 7.01. The summed E-state index contributed by atoms with van der Waals surface area (Å²) in [5.41, 5.74) is 6.87. The topological polar surface area (TPSA) is 51.4 Å². The minimum Gasteiger partial charge on any atom is -0.496 e. The first-order chi connectivity index (χ1) is 9.19. The zero-order valence-corrected chi connectivity index (χ0v) is 13.3. The van der Waals surface area contributed by atoms with Crippen LogP contribution in [0, 0.1) is 0 Å². The van der Waals surface area contributed by atoms with E-state index in [1.165, 1.54) is 10.4 Å². The van der Waals surface area contributed by atoms with Crippen LogP contribution in [-0.4, -0.2) is 30.6 Å². The molecule has 0 aliphatic carbocycles. The molecule has 2 aromatic rings. The van der Waals surface area contributed by atoms with E-state index in [1.54, 1.807) is 18.4 Å². The Labute approximate surface area is 130 Å². The number of anilines is 1. The van der Waals surface area contributed by atoms with E-state index >= 15 is 0 Å². The van der Waals surface area contributed by atoms with Gasteiger partial charge in [-0.05, 0) is 25.1 Å². The number of rotatable bonds is 6. The molecule has 6 heteroatoms. The summed E-state index contributed by atoms with van der Waals surface area (Å²) < 4.78 is 5.36. The molecule has 1 aromatic carbocycles. The number of hydrogen-bond acceptors (Lipinski definition) is 5. The van der Waals surface area contributed by atoms with E-state index in [2.05, 4.69) is 23.0 Å². The van der Waals surface area contributed by atoms with Crippen molar-refractivity contribution in [2.45, 2.75) is 13.0 Å². The van der Waals surface area contributed by atoms with Gasteiger partial charge in [-0.15, -0.1) is 23.7 Å². The number of methoxy groups -OCH3 is 1. The molecule has 0 unspecified atom stereocenters. The van der Waals surface area contributed by atoms with Crippen LogP contribution in [0.3, 0.4) is 0 Å². The molecule has 0 fully saturated rings. The van der Waals surface area contributed by atoms with Crippen molar-refractivity contribution in [1.29, 1.82) is 0 Å². The van der Waals surface area contributed by atoms with Gasteiger partial charge in [-0.2, -0.15) is 0 Å². The van der Waals surface area contributed by atoms with Crippen LogP contribution in [0.1, 0.15) is 10.4 Å². The fraction of sp³-hybridized carbons (Fsp3) is 0.357. The SMILES string of the molecule is COc1ccccc1CCN(C)Cc1cnc(N)s1.Cl. The summed E-state index contributed by atoms with van der Waals surface area (Å²) in [6.45, 7) is 1.85. The van der Waals surface area contributed by atoms with Crippen LogP contribution in [0.5, 0.6) is 5.75 Å². The number of ether oxygens (including phenoxy) is 1. The number of halogens is 1. The summed E-state index contributed by atoms with van der Waals surface area (Å²) in [5, 5.41) is 0.633. The normalized spacial score (nSPS) is 10.3. The molecule has 1 aromatic heterocycles. The molecule has 0 atom stereocenters. The Bertz CT molecular complexity index is 533. The molecule has 1 heterocycles. The van der Waals surface area contributed by atoms with Crippen LogP contribution >= 0.6 is 23.7 Å². The molecule has 0 saturated carbocycles. The van der Waals surface area contributed by atoms with Crippen molar-refractivity contribution in [3.05, 3.63) is 40.9 Å². The van der Waals surface area contributed by atoms with Gasteiger partial charge in [0.1, 0.15) is 5.75 Å². The molecule has 2 N–H and O–H groups in total. The predicted molar refractivity (Wildman–Crippen MR) is 86.8 cm³/mol. The third kappa shape index (κ3) is 4.67. The zero-order valence-electron chi connectivity index (χ0n) is 11.7. The maximum Gasteiger partial charge on any atom is 0.180 e. The molecule has 110 valence electrons. The summed E-state index contributed by atoms with van der Waals surface area (Å²) in [7, 11) is 3.81. The lowest BCUT2D eigenvalue weighted by molar-refractivity contribution is 0.330. The summed E-state index contributed by atoms with van der Waals surface area (Å²) >= 11 is 1.55. The highest BCUT2D eigenvalue weighted by Gasteiger charge is 2.06. The van der Waals surface area contributed by atoms with Crippen LogP contribution in [-0.2, 0) is 13.0 Å². The highest BCUT2D eigenvalue weighted by Crippen LogP contribution is 2.19. The largest absolute Gasteiger partial charge is 0.496 e. The summed E-state index contributed by atoms with van der Waals surface area (Å²) in [6, 6.07) is 8.14. The second-order valence-corrected chi connectivity index (χ2v) is 5.61. The Kier molecular flexibility index (Phi) is 6.78. The molecule has 2 rings (SSSR count). The van der Waals surface area contributed by atoms with Gasteiger partial charge in [0.15, 0.2) is 5.13 Å². The van der Waals surface area contributed by atoms with E-state index in [9.17, 15) is 0 Å². The van der Waals surface area contributed by atoms with Gasteiger partial charge in [-0.1, -0.05) is 18.2 Å². The highest BCUT2D eigenvalue weighted by atomic mass is 35.5. The number of thiazole rings is 1. The second kappa shape index (κ2) is 8.09. The van der Waals surface area contributed by atoms with Crippen LogP contribution in [0.4, 0.5) is 5.13 Å². The fourth-order valence-electron chi connectivity index (χ4n) is 1.96. The molecule has 0 spiro atoms. The minimum absolute atomic E-state index is 0. The molecule has 0 aliphatic rings. The van der Waals surface area contributed by atoms with E-state index in [0.717, 1.165) is 25.3 Å². The quantitative estimate of drug-likeness (QED) is 0.891. The monoisotopic (exact) mass is 313 g/mol. The second-order valence-electron chi connectivity index (χ2n) is 4.46. The van der Waals surface area contributed by atoms with Crippen molar-refractivity contribution >= 4 is 28.9 Å².